The van der Waals surface area contributed by atoms with Crippen molar-refractivity contribution in [2.75, 3.05) is 6.61 Å². The Bertz CT molecular complexity index is 412. The molecular formula is C14H22N2O2. The van der Waals surface area contributed by atoms with Crippen LogP contribution in [0.15, 0.2) is 23.4 Å². The van der Waals surface area contributed by atoms with E-state index in [0.29, 0.717) is 18.1 Å². The number of hydrogen-bond donors (Lipinski definition) is 2. The van der Waals surface area contributed by atoms with Gasteiger partial charge in [0.1, 0.15) is 5.75 Å². The molecule has 1 aromatic carbocycles. The van der Waals surface area contributed by atoms with E-state index in [1.54, 1.807) is 0 Å². The van der Waals surface area contributed by atoms with Gasteiger partial charge >= 0.3 is 0 Å². The average Bonchev–Trinajstić information content (AvgIpc) is 2.40. The minimum absolute atomic E-state index is 0.0994. The van der Waals surface area contributed by atoms with Crippen LogP contribution in [0, 0.1) is 12.8 Å². The molecule has 0 aromatic heterocycles. The summed E-state index contributed by atoms with van der Waals surface area (Å²) in [5, 5.41) is 11.7. The van der Waals surface area contributed by atoms with Gasteiger partial charge in [-0.15, -0.1) is 0 Å². The molecule has 0 amide bonds. The van der Waals surface area contributed by atoms with Crippen molar-refractivity contribution >= 4 is 5.84 Å². The minimum atomic E-state index is 0.0994. The molecular weight excluding hydrogens is 228 g/mol. The van der Waals surface area contributed by atoms with E-state index in [-0.39, 0.29) is 5.84 Å². The molecule has 0 aliphatic heterocycles. The molecule has 0 radical (unpaired) electrons. The van der Waals surface area contributed by atoms with Gasteiger partial charge in [0.15, 0.2) is 5.84 Å². The molecule has 0 unspecified atom stereocenters. The number of nitrogens with two attached hydrogens (primary N) is 1. The summed E-state index contributed by atoms with van der Waals surface area (Å²) in [6.45, 7) is 7.01. The number of oxime groups is 1. The molecule has 0 saturated heterocycles. The van der Waals surface area contributed by atoms with Crippen LogP contribution in [0.2, 0.25) is 0 Å². The number of amidine groups is 1. The molecule has 0 aliphatic carbocycles. The smallest absolute Gasteiger partial charge is 0.170 e. The quantitative estimate of drug-likeness (QED) is 0.353. The maximum atomic E-state index is 8.66. The number of rotatable bonds is 6. The van der Waals surface area contributed by atoms with Crippen molar-refractivity contribution in [3.05, 3.63) is 29.3 Å². The predicted octanol–water partition coefficient (Wildman–Crippen LogP) is 2.90. The first kappa shape index (κ1) is 14.4. The first-order valence-electron chi connectivity index (χ1n) is 6.33. The summed E-state index contributed by atoms with van der Waals surface area (Å²) in [5.74, 6) is 1.46. The van der Waals surface area contributed by atoms with E-state index in [9.17, 15) is 0 Å². The third-order valence-corrected chi connectivity index (χ3v) is 3.22. The Morgan fingerprint density at radius 3 is 2.61 bits per heavy atom. The van der Waals surface area contributed by atoms with Gasteiger partial charge in [0.05, 0.1) is 6.61 Å². The summed E-state index contributed by atoms with van der Waals surface area (Å²) < 4.78 is 5.82. The first-order chi connectivity index (χ1) is 8.62. The number of nitrogens with zero attached hydrogens (tertiary/aromatic N) is 1. The minimum Gasteiger partial charge on any atom is -0.493 e. The number of benzene rings is 1. The molecule has 0 spiro atoms. The van der Waals surface area contributed by atoms with Crippen LogP contribution < -0.4 is 10.5 Å². The third kappa shape index (κ3) is 3.65. The predicted molar refractivity (Wildman–Crippen MR) is 73.3 cm³/mol. The Morgan fingerprint density at radius 2 is 2.06 bits per heavy atom. The monoisotopic (exact) mass is 250 g/mol. The standard InChI is InChI=1S/C14H22N2O2/c1-4-11(5-2)9-18-13-8-12(14(15)16-17)7-6-10(13)3/h6-8,11,17H,4-5,9H2,1-3H3,(H2,15,16). The Morgan fingerprint density at radius 1 is 1.39 bits per heavy atom. The Kier molecular flexibility index (Phi) is 5.49. The lowest BCUT2D eigenvalue weighted by molar-refractivity contribution is 0.239. The van der Waals surface area contributed by atoms with E-state index in [1.807, 2.05) is 25.1 Å². The third-order valence-electron chi connectivity index (χ3n) is 3.22. The average molecular weight is 250 g/mol. The Hall–Kier alpha value is -1.71. The molecule has 18 heavy (non-hydrogen) atoms. The van der Waals surface area contributed by atoms with E-state index < -0.39 is 0 Å². The van der Waals surface area contributed by atoms with Gasteiger partial charge in [-0.3, -0.25) is 0 Å². The highest BCUT2D eigenvalue weighted by molar-refractivity contribution is 5.97. The maximum Gasteiger partial charge on any atom is 0.170 e. The van der Waals surface area contributed by atoms with Crippen molar-refractivity contribution < 1.29 is 9.94 Å². The normalized spacial score (nSPS) is 11.9. The van der Waals surface area contributed by atoms with Crippen molar-refractivity contribution in [1.29, 1.82) is 0 Å². The highest BCUT2D eigenvalue weighted by Gasteiger charge is 2.08. The van der Waals surface area contributed by atoms with Gasteiger partial charge in [0.25, 0.3) is 0 Å². The van der Waals surface area contributed by atoms with Gasteiger partial charge in [-0.05, 0) is 24.5 Å². The van der Waals surface area contributed by atoms with E-state index in [1.165, 1.54) is 0 Å². The van der Waals surface area contributed by atoms with Crippen molar-refractivity contribution in [3.8, 4) is 5.75 Å². The highest BCUT2D eigenvalue weighted by Crippen LogP contribution is 2.21. The van der Waals surface area contributed by atoms with Gasteiger partial charge < -0.3 is 15.7 Å². The molecule has 4 heteroatoms. The maximum absolute atomic E-state index is 8.66. The first-order valence-corrected chi connectivity index (χ1v) is 6.33. The van der Waals surface area contributed by atoms with Crippen LogP contribution >= 0.6 is 0 Å². The van der Waals surface area contributed by atoms with Crippen LogP contribution in [-0.2, 0) is 0 Å². The number of aryl methyl sites for hydroxylation is 1. The van der Waals surface area contributed by atoms with Crippen LogP contribution in [0.5, 0.6) is 5.75 Å². The van der Waals surface area contributed by atoms with Crippen LogP contribution in [0.3, 0.4) is 0 Å². The van der Waals surface area contributed by atoms with Crippen LogP contribution in [0.1, 0.15) is 37.8 Å². The highest BCUT2D eigenvalue weighted by atomic mass is 16.5. The zero-order chi connectivity index (χ0) is 13.5. The summed E-state index contributed by atoms with van der Waals surface area (Å²) >= 11 is 0. The van der Waals surface area contributed by atoms with E-state index in [4.69, 9.17) is 15.7 Å². The van der Waals surface area contributed by atoms with Gasteiger partial charge in [-0.2, -0.15) is 0 Å². The molecule has 0 aliphatic rings. The molecule has 4 nitrogen and oxygen atoms in total. The van der Waals surface area contributed by atoms with Crippen molar-refractivity contribution in [3.63, 3.8) is 0 Å². The topological polar surface area (TPSA) is 67.8 Å². The molecule has 1 rings (SSSR count). The molecule has 3 N–H and O–H groups in total. The van der Waals surface area contributed by atoms with Crippen molar-refractivity contribution in [1.82, 2.24) is 0 Å². The van der Waals surface area contributed by atoms with Crippen LogP contribution in [0.25, 0.3) is 0 Å². The van der Waals surface area contributed by atoms with Crippen LogP contribution in [-0.4, -0.2) is 17.6 Å². The van der Waals surface area contributed by atoms with Crippen molar-refractivity contribution in [2.24, 2.45) is 16.8 Å². The van der Waals surface area contributed by atoms with Gasteiger partial charge in [0, 0.05) is 5.56 Å². The second kappa shape index (κ2) is 6.89. The fraction of sp³-hybridized carbons (Fsp3) is 0.500. The largest absolute Gasteiger partial charge is 0.493 e. The van der Waals surface area contributed by atoms with E-state index in [0.717, 1.165) is 24.2 Å². The lowest BCUT2D eigenvalue weighted by atomic mass is 10.1. The zero-order valence-electron chi connectivity index (χ0n) is 11.3. The Balaban J connectivity index is 2.81. The lowest BCUT2D eigenvalue weighted by Crippen LogP contribution is -2.14. The zero-order valence-corrected chi connectivity index (χ0v) is 11.3. The summed E-state index contributed by atoms with van der Waals surface area (Å²) in [5.41, 5.74) is 7.29. The molecule has 100 valence electrons. The summed E-state index contributed by atoms with van der Waals surface area (Å²) in [7, 11) is 0. The summed E-state index contributed by atoms with van der Waals surface area (Å²) in [4.78, 5) is 0. The van der Waals surface area contributed by atoms with Gasteiger partial charge in [0.2, 0.25) is 0 Å². The fourth-order valence-corrected chi connectivity index (χ4v) is 1.70. The molecule has 0 fully saturated rings. The Labute approximate surface area is 108 Å². The molecule has 1 aromatic rings. The summed E-state index contributed by atoms with van der Waals surface area (Å²) in [6.07, 6.45) is 2.21. The van der Waals surface area contributed by atoms with Gasteiger partial charge in [-0.25, -0.2) is 0 Å². The second-order valence-electron chi connectivity index (χ2n) is 4.46. The fourth-order valence-electron chi connectivity index (χ4n) is 1.70. The SMILES string of the molecule is CCC(CC)COc1cc(/C(N)=N/O)ccc1C. The molecule has 0 bridgehead atoms. The number of ether oxygens (including phenoxy) is 1. The van der Waals surface area contributed by atoms with Crippen LogP contribution in [0.4, 0.5) is 0 Å². The van der Waals surface area contributed by atoms with E-state index in [2.05, 4.69) is 19.0 Å². The molecule has 0 heterocycles. The molecule has 0 atom stereocenters. The lowest BCUT2D eigenvalue weighted by Gasteiger charge is -2.15. The van der Waals surface area contributed by atoms with Gasteiger partial charge in [-0.1, -0.05) is 44.0 Å². The number of hydrogen-bond acceptors (Lipinski definition) is 3. The second-order valence-corrected chi connectivity index (χ2v) is 4.46. The molecule has 0 saturated carbocycles. The summed E-state index contributed by atoms with van der Waals surface area (Å²) in [6, 6.07) is 5.54. The van der Waals surface area contributed by atoms with Crippen molar-refractivity contribution in [2.45, 2.75) is 33.6 Å². The van der Waals surface area contributed by atoms with E-state index >= 15 is 0 Å².